The maximum atomic E-state index is 12.5. The number of rotatable bonds is 3. The van der Waals surface area contributed by atoms with Crippen LogP contribution in [0.1, 0.15) is 6.42 Å². The molecular formula is C17H13BrCl2N2O2. The third kappa shape index (κ3) is 3.43. The van der Waals surface area contributed by atoms with E-state index in [-0.39, 0.29) is 18.2 Å². The Bertz CT molecular complexity index is 813. The number of benzene rings is 2. The van der Waals surface area contributed by atoms with Gasteiger partial charge in [0.1, 0.15) is 0 Å². The van der Waals surface area contributed by atoms with E-state index in [1.165, 1.54) is 0 Å². The molecule has 4 nitrogen and oxygen atoms in total. The summed E-state index contributed by atoms with van der Waals surface area (Å²) in [6, 6.07) is 12.5. The Morgan fingerprint density at radius 3 is 2.67 bits per heavy atom. The van der Waals surface area contributed by atoms with Crippen molar-refractivity contribution in [2.75, 3.05) is 16.8 Å². The molecule has 1 N–H and O–H groups in total. The summed E-state index contributed by atoms with van der Waals surface area (Å²) in [5.74, 6) is -0.777. The fourth-order valence-corrected chi connectivity index (χ4v) is 3.47. The van der Waals surface area contributed by atoms with Crippen molar-refractivity contribution in [1.82, 2.24) is 0 Å². The van der Waals surface area contributed by atoms with Crippen LogP contribution in [-0.4, -0.2) is 18.4 Å². The number of amides is 2. The third-order valence-electron chi connectivity index (χ3n) is 3.85. The minimum absolute atomic E-state index is 0.0840. The van der Waals surface area contributed by atoms with Gasteiger partial charge in [0.2, 0.25) is 11.8 Å². The van der Waals surface area contributed by atoms with Gasteiger partial charge in [0.05, 0.1) is 27.3 Å². The second kappa shape index (κ2) is 7.13. The molecule has 2 aromatic carbocycles. The van der Waals surface area contributed by atoms with E-state index < -0.39 is 5.92 Å². The highest BCUT2D eigenvalue weighted by Gasteiger charge is 2.36. The normalized spacial score (nSPS) is 17.2. The lowest BCUT2D eigenvalue weighted by atomic mass is 10.1. The lowest BCUT2D eigenvalue weighted by molar-refractivity contribution is -0.122. The molecular weight excluding hydrogens is 415 g/mol. The average molecular weight is 428 g/mol. The molecule has 0 saturated carbocycles. The van der Waals surface area contributed by atoms with E-state index in [9.17, 15) is 9.59 Å². The van der Waals surface area contributed by atoms with Crippen LogP contribution in [0.25, 0.3) is 0 Å². The van der Waals surface area contributed by atoms with Crippen LogP contribution >= 0.6 is 39.1 Å². The van der Waals surface area contributed by atoms with Crippen molar-refractivity contribution in [3.05, 3.63) is 57.0 Å². The molecule has 1 unspecified atom stereocenters. The van der Waals surface area contributed by atoms with E-state index in [0.29, 0.717) is 22.3 Å². The van der Waals surface area contributed by atoms with Crippen LogP contribution in [0.2, 0.25) is 10.0 Å². The zero-order chi connectivity index (χ0) is 17.3. The van der Waals surface area contributed by atoms with Gasteiger partial charge in [0, 0.05) is 17.4 Å². The van der Waals surface area contributed by atoms with Crippen molar-refractivity contribution in [2.24, 2.45) is 5.92 Å². The Labute approximate surface area is 157 Å². The van der Waals surface area contributed by atoms with Crippen molar-refractivity contribution in [3.63, 3.8) is 0 Å². The van der Waals surface area contributed by atoms with Crippen molar-refractivity contribution in [2.45, 2.75) is 6.42 Å². The van der Waals surface area contributed by atoms with E-state index in [1.807, 2.05) is 24.3 Å². The fraction of sp³-hybridized carbons (Fsp3) is 0.176. The minimum Gasteiger partial charge on any atom is -0.324 e. The number of halogens is 3. The Morgan fingerprint density at radius 1 is 1.17 bits per heavy atom. The molecule has 1 atom stereocenters. The lowest BCUT2D eigenvalue weighted by Gasteiger charge is -2.18. The molecule has 0 aliphatic carbocycles. The molecule has 124 valence electrons. The third-order valence-corrected chi connectivity index (χ3v) is 5.34. The number of carbonyl (C=O) groups excluding carboxylic acids is 2. The van der Waals surface area contributed by atoms with Crippen LogP contribution in [-0.2, 0) is 9.59 Å². The Hall–Kier alpha value is -1.56. The van der Waals surface area contributed by atoms with Crippen LogP contribution in [0, 0.1) is 5.92 Å². The first-order valence-corrected chi connectivity index (χ1v) is 8.82. The second-order valence-corrected chi connectivity index (χ2v) is 7.09. The van der Waals surface area contributed by atoms with Crippen molar-refractivity contribution in [1.29, 1.82) is 0 Å². The number of nitrogens with one attached hydrogen (secondary N) is 1. The van der Waals surface area contributed by atoms with Gasteiger partial charge in [-0.05, 0) is 40.2 Å². The highest BCUT2D eigenvalue weighted by atomic mass is 79.9. The van der Waals surface area contributed by atoms with Crippen molar-refractivity contribution in [3.8, 4) is 0 Å². The van der Waals surface area contributed by atoms with Crippen LogP contribution < -0.4 is 10.2 Å². The highest BCUT2D eigenvalue weighted by molar-refractivity contribution is 9.10. The highest BCUT2D eigenvalue weighted by Crippen LogP contribution is 2.33. The summed E-state index contributed by atoms with van der Waals surface area (Å²) < 4.78 is 0.817. The predicted octanol–water partition coefficient (Wildman–Crippen LogP) is 4.75. The first-order valence-electron chi connectivity index (χ1n) is 7.27. The fourth-order valence-electron chi connectivity index (χ4n) is 2.62. The van der Waals surface area contributed by atoms with E-state index in [0.717, 1.165) is 10.2 Å². The molecule has 2 amide bonds. The Kier molecular flexibility index (Phi) is 5.13. The van der Waals surface area contributed by atoms with Crippen LogP contribution in [0.5, 0.6) is 0 Å². The van der Waals surface area contributed by atoms with Gasteiger partial charge in [-0.3, -0.25) is 9.59 Å². The first-order chi connectivity index (χ1) is 11.5. The molecule has 7 heteroatoms. The standard InChI is InChI=1S/C17H13BrCl2N2O2/c18-11-4-1-2-7-14(11)22-9-10(8-15(22)23)17(24)21-13-6-3-5-12(19)16(13)20/h1-7,10H,8-9H2,(H,21,24). The van der Waals surface area contributed by atoms with Gasteiger partial charge < -0.3 is 10.2 Å². The van der Waals surface area contributed by atoms with E-state index >= 15 is 0 Å². The smallest absolute Gasteiger partial charge is 0.229 e. The average Bonchev–Trinajstić information content (AvgIpc) is 2.94. The zero-order valence-electron chi connectivity index (χ0n) is 12.4. The summed E-state index contributed by atoms with van der Waals surface area (Å²) in [5, 5.41) is 3.41. The molecule has 1 aliphatic heterocycles. The van der Waals surface area contributed by atoms with Gasteiger partial charge in [-0.25, -0.2) is 0 Å². The maximum absolute atomic E-state index is 12.5. The second-order valence-electron chi connectivity index (χ2n) is 5.45. The molecule has 1 aliphatic rings. The van der Waals surface area contributed by atoms with Crippen LogP contribution in [0.4, 0.5) is 11.4 Å². The zero-order valence-corrected chi connectivity index (χ0v) is 15.5. The maximum Gasteiger partial charge on any atom is 0.229 e. The van der Waals surface area contributed by atoms with Gasteiger partial charge in [0.15, 0.2) is 0 Å². The summed E-state index contributed by atoms with van der Waals surface area (Å²) in [4.78, 5) is 26.4. The summed E-state index contributed by atoms with van der Waals surface area (Å²) >= 11 is 15.5. The summed E-state index contributed by atoms with van der Waals surface area (Å²) in [5.41, 5.74) is 1.21. The van der Waals surface area contributed by atoms with E-state index in [4.69, 9.17) is 23.2 Å². The monoisotopic (exact) mass is 426 g/mol. The number of hydrogen-bond acceptors (Lipinski definition) is 2. The largest absolute Gasteiger partial charge is 0.324 e. The molecule has 0 spiro atoms. The molecule has 3 rings (SSSR count). The predicted molar refractivity (Wildman–Crippen MR) is 99.7 cm³/mol. The summed E-state index contributed by atoms with van der Waals surface area (Å²) in [6.45, 7) is 0.325. The van der Waals surface area contributed by atoms with Crippen LogP contribution in [0.15, 0.2) is 46.9 Å². The van der Waals surface area contributed by atoms with Gasteiger partial charge >= 0.3 is 0 Å². The van der Waals surface area contributed by atoms with Gasteiger partial charge in [-0.15, -0.1) is 0 Å². The molecule has 24 heavy (non-hydrogen) atoms. The van der Waals surface area contributed by atoms with Crippen LogP contribution in [0.3, 0.4) is 0 Å². The SMILES string of the molecule is O=C(Nc1cccc(Cl)c1Cl)C1CC(=O)N(c2ccccc2Br)C1. The molecule has 0 aromatic heterocycles. The summed E-state index contributed by atoms with van der Waals surface area (Å²) in [7, 11) is 0. The number of nitrogens with zero attached hydrogens (tertiary/aromatic N) is 1. The van der Waals surface area contributed by atoms with Crippen molar-refractivity contribution < 1.29 is 9.59 Å². The number of anilines is 2. The minimum atomic E-state index is -0.445. The first kappa shape index (κ1) is 17.3. The lowest BCUT2D eigenvalue weighted by Crippen LogP contribution is -2.28. The topological polar surface area (TPSA) is 49.4 Å². The number of carbonyl (C=O) groups is 2. The number of para-hydroxylation sites is 1. The Morgan fingerprint density at radius 2 is 1.92 bits per heavy atom. The molecule has 0 radical (unpaired) electrons. The molecule has 1 fully saturated rings. The molecule has 2 aromatic rings. The number of hydrogen-bond donors (Lipinski definition) is 1. The van der Waals surface area contributed by atoms with Gasteiger partial charge in [-0.2, -0.15) is 0 Å². The van der Waals surface area contributed by atoms with E-state index in [1.54, 1.807) is 23.1 Å². The van der Waals surface area contributed by atoms with Crippen molar-refractivity contribution >= 4 is 62.3 Å². The Balaban J connectivity index is 1.75. The van der Waals surface area contributed by atoms with E-state index in [2.05, 4.69) is 21.2 Å². The molecule has 1 heterocycles. The molecule has 0 bridgehead atoms. The van der Waals surface area contributed by atoms with Gasteiger partial charge in [0.25, 0.3) is 0 Å². The quantitative estimate of drug-likeness (QED) is 0.768. The summed E-state index contributed by atoms with van der Waals surface area (Å²) in [6.07, 6.45) is 0.158. The molecule has 1 saturated heterocycles. The van der Waals surface area contributed by atoms with Gasteiger partial charge in [-0.1, -0.05) is 41.4 Å².